The fourth-order valence-electron chi connectivity index (χ4n) is 0.940. The van der Waals surface area contributed by atoms with E-state index in [-0.39, 0.29) is 0 Å². The van der Waals surface area contributed by atoms with E-state index in [4.69, 9.17) is 0 Å². The van der Waals surface area contributed by atoms with Gasteiger partial charge in [-0.25, -0.2) is 22.0 Å². The first kappa shape index (κ1) is 10.2. The monoisotopic (exact) mass is 200 g/mol. The summed E-state index contributed by atoms with van der Waals surface area (Å²) in [5.41, 5.74) is 0. The highest BCUT2D eigenvalue weighted by Gasteiger charge is 2.40. The number of hydrogen-bond acceptors (Lipinski definition) is 1. The van der Waals surface area contributed by atoms with Gasteiger partial charge in [0, 0.05) is 7.11 Å². The van der Waals surface area contributed by atoms with Gasteiger partial charge in [0.25, 0.3) is 0 Å². The van der Waals surface area contributed by atoms with Crippen LogP contribution in [-0.2, 0) is 4.74 Å². The summed E-state index contributed by atoms with van der Waals surface area (Å²) in [6.45, 7) is 0. The summed E-state index contributed by atoms with van der Waals surface area (Å²) in [6.07, 6.45) is -4.68. The van der Waals surface area contributed by atoms with Crippen LogP contribution in [-0.4, -0.2) is 19.4 Å². The number of ether oxygens (including phenoxy) is 1. The van der Waals surface area contributed by atoms with E-state index in [1.54, 1.807) is 0 Å². The lowest BCUT2D eigenvalue weighted by molar-refractivity contribution is 0.0396. The van der Waals surface area contributed by atoms with Crippen molar-refractivity contribution in [2.75, 3.05) is 7.11 Å². The maximum Gasteiger partial charge on any atom is 0.196 e. The Morgan fingerprint density at radius 2 is 1.46 bits per heavy atom. The van der Waals surface area contributed by atoms with E-state index < -0.39 is 35.6 Å². The van der Waals surface area contributed by atoms with Crippen LogP contribution in [0, 0.1) is 0 Å². The van der Waals surface area contributed by atoms with Crippen molar-refractivity contribution in [2.45, 2.75) is 12.3 Å². The summed E-state index contributed by atoms with van der Waals surface area (Å²) < 4.78 is 66.6. The minimum Gasteiger partial charge on any atom is -0.371 e. The Morgan fingerprint density at radius 1 is 1.00 bits per heavy atom. The van der Waals surface area contributed by atoms with E-state index in [1.165, 1.54) is 0 Å². The second-order valence-corrected chi connectivity index (χ2v) is 2.38. The average molecular weight is 200 g/mol. The molecule has 6 heteroatoms. The predicted molar refractivity (Wildman–Crippen MR) is 34.2 cm³/mol. The number of hydrogen-bond donors (Lipinski definition) is 0. The van der Waals surface area contributed by atoms with Gasteiger partial charge in [-0.1, -0.05) is 0 Å². The van der Waals surface area contributed by atoms with Crippen LogP contribution in [0.25, 0.3) is 0 Å². The molecule has 1 rings (SSSR count). The van der Waals surface area contributed by atoms with Gasteiger partial charge in [0.15, 0.2) is 29.5 Å². The third-order valence-corrected chi connectivity index (χ3v) is 1.62. The molecule has 1 aliphatic rings. The third-order valence-electron chi connectivity index (χ3n) is 1.62. The molecule has 0 radical (unpaired) electrons. The summed E-state index contributed by atoms with van der Waals surface area (Å²) in [6, 6.07) is 0. The Labute approximate surface area is 70.5 Å². The minimum atomic E-state index is -2.63. The maximum atomic E-state index is 12.7. The zero-order valence-electron chi connectivity index (χ0n) is 6.45. The maximum absolute atomic E-state index is 12.7. The highest BCUT2D eigenvalue weighted by molar-refractivity contribution is 5.34. The molecule has 0 N–H and O–H groups in total. The van der Waals surface area contributed by atoms with Crippen molar-refractivity contribution >= 4 is 0 Å². The summed E-state index contributed by atoms with van der Waals surface area (Å²) in [7, 11) is 0.862. The van der Waals surface area contributed by atoms with E-state index in [9.17, 15) is 22.0 Å². The van der Waals surface area contributed by atoms with Crippen molar-refractivity contribution in [3.8, 4) is 0 Å². The molecule has 0 aromatic rings. The molecular formula is C7H5F5O. The summed E-state index contributed by atoms with van der Waals surface area (Å²) >= 11 is 0. The lowest BCUT2D eigenvalue weighted by Gasteiger charge is -2.21. The zero-order valence-corrected chi connectivity index (χ0v) is 6.45. The quantitative estimate of drug-likeness (QED) is 0.591. The second-order valence-electron chi connectivity index (χ2n) is 2.38. The van der Waals surface area contributed by atoms with Crippen molar-refractivity contribution < 1.29 is 26.7 Å². The van der Waals surface area contributed by atoms with Crippen molar-refractivity contribution in [1.82, 2.24) is 0 Å². The Kier molecular flexibility index (Phi) is 2.70. The largest absolute Gasteiger partial charge is 0.371 e. The van der Waals surface area contributed by atoms with Crippen LogP contribution in [0.3, 0.4) is 0 Å². The fourth-order valence-corrected chi connectivity index (χ4v) is 0.940. The summed E-state index contributed by atoms with van der Waals surface area (Å²) in [4.78, 5) is 0. The van der Waals surface area contributed by atoms with E-state index in [1.807, 2.05) is 0 Å². The van der Waals surface area contributed by atoms with Gasteiger partial charge in [-0.15, -0.1) is 0 Å². The molecule has 0 saturated carbocycles. The van der Waals surface area contributed by atoms with Gasteiger partial charge in [-0.05, 0) is 0 Å². The van der Waals surface area contributed by atoms with Crippen LogP contribution in [0.15, 0.2) is 23.3 Å². The third kappa shape index (κ3) is 1.46. The van der Waals surface area contributed by atoms with Crippen molar-refractivity contribution in [3.05, 3.63) is 23.3 Å². The van der Waals surface area contributed by atoms with E-state index in [0.29, 0.717) is 0 Å². The molecule has 0 heterocycles. The predicted octanol–water partition coefficient (Wildman–Crippen LogP) is 2.65. The molecule has 1 aliphatic carbocycles. The second kappa shape index (κ2) is 3.45. The number of rotatable bonds is 1. The smallest absolute Gasteiger partial charge is 0.196 e. The van der Waals surface area contributed by atoms with Crippen LogP contribution >= 0.6 is 0 Å². The first-order valence-electron chi connectivity index (χ1n) is 3.28. The standard InChI is InChI=1S/C7H5F5O/c1-13-7-5(11)3(9)2(8)4(10)6(7)12/h5,7H,1H3. The highest BCUT2D eigenvalue weighted by atomic mass is 19.2. The Bertz CT molecular complexity index is 283. The molecule has 2 atom stereocenters. The molecule has 0 aliphatic heterocycles. The number of methoxy groups -OCH3 is 1. The number of allylic oxidation sites excluding steroid dienone is 2. The molecule has 0 saturated heterocycles. The minimum absolute atomic E-state index is 0.862. The zero-order chi connectivity index (χ0) is 10.2. The first-order valence-corrected chi connectivity index (χ1v) is 3.28. The fraction of sp³-hybridized carbons (Fsp3) is 0.429. The van der Waals surface area contributed by atoms with Gasteiger partial charge in [-0.2, -0.15) is 0 Å². The lowest BCUT2D eigenvalue weighted by atomic mass is 10.1. The van der Waals surface area contributed by atoms with Gasteiger partial charge < -0.3 is 4.74 Å². The lowest BCUT2D eigenvalue weighted by Crippen LogP contribution is -2.30. The molecule has 74 valence electrons. The molecule has 0 bridgehead atoms. The topological polar surface area (TPSA) is 9.23 Å². The van der Waals surface area contributed by atoms with Gasteiger partial charge in [0.1, 0.15) is 6.10 Å². The Morgan fingerprint density at radius 3 is 1.92 bits per heavy atom. The Hall–Kier alpha value is -0.910. The van der Waals surface area contributed by atoms with Gasteiger partial charge in [-0.3, -0.25) is 0 Å². The average Bonchev–Trinajstić information content (AvgIpc) is 2.13. The highest BCUT2D eigenvalue weighted by Crippen LogP contribution is 2.36. The van der Waals surface area contributed by atoms with E-state index in [0.717, 1.165) is 7.11 Å². The number of alkyl halides is 1. The SMILES string of the molecule is COC1C(F)=C(F)C(F)=C(F)C1F. The molecule has 2 unspecified atom stereocenters. The van der Waals surface area contributed by atoms with Crippen LogP contribution in [0.4, 0.5) is 22.0 Å². The Balaban J connectivity index is 3.15. The van der Waals surface area contributed by atoms with Crippen LogP contribution in [0.5, 0.6) is 0 Å². The van der Waals surface area contributed by atoms with Crippen molar-refractivity contribution in [2.24, 2.45) is 0 Å². The number of halogens is 5. The molecule has 0 amide bonds. The van der Waals surface area contributed by atoms with Gasteiger partial charge in [0.05, 0.1) is 0 Å². The molecular weight excluding hydrogens is 195 g/mol. The van der Waals surface area contributed by atoms with Gasteiger partial charge >= 0.3 is 0 Å². The van der Waals surface area contributed by atoms with Gasteiger partial charge in [0.2, 0.25) is 0 Å². The normalized spacial score (nSPS) is 30.0. The summed E-state index contributed by atoms with van der Waals surface area (Å²) in [5, 5.41) is 0. The van der Waals surface area contributed by atoms with Crippen LogP contribution in [0.2, 0.25) is 0 Å². The molecule has 13 heavy (non-hydrogen) atoms. The molecule has 1 nitrogen and oxygen atoms in total. The van der Waals surface area contributed by atoms with E-state index in [2.05, 4.69) is 4.74 Å². The molecule has 0 spiro atoms. The van der Waals surface area contributed by atoms with E-state index >= 15 is 0 Å². The van der Waals surface area contributed by atoms with Crippen LogP contribution in [0.1, 0.15) is 0 Å². The molecule has 0 fully saturated rings. The van der Waals surface area contributed by atoms with Crippen molar-refractivity contribution in [3.63, 3.8) is 0 Å². The van der Waals surface area contributed by atoms with Crippen molar-refractivity contribution in [1.29, 1.82) is 0 Å². The summed E-state index contributed by atoms with van der Waals surface area (Å²) in [5.74, 6) is -7.93. The first-order chi connectivity index (χ1) is 6.00. The van der Waals surface area contributed by atoms with Crippen LogP contribution < -0.4 is 0 Å². The molecule has 0 aromatic heterocycles. The molecule has 0 aromatic carbocycles.